The van der Waals surface area contributed by atoms with Gasteiger partial charge in [0.25, 0.3) is 5.69 Å². The number of carbonyl (C=O) groups is 1. The van der Waals surface area contributed by atoms with Crippen LogP contribution in [-0.4, -0.2) is 21.0 Å². The largest absolute Gasteiger partial charge is 0.476 e. The smallest absolute Gasteiger partial charge is 0.356 e. The molecular formula is C11H8N2O4S. The number of non-ortho nitro benzene ring substituents is 1. The molecule has 0 amide bonds. The number of carboxylic acids is 1. The number of aromatic carboxylic acids is 1. The Bertz CT molecular complexity index is 618. The summed E-state index contributed by atoms with van der Waals surface area (Å²) in [5, 5.41) is 20.2. The summed E-state index contributed by atoms with van der Waals surface area (Å²) in [6.45, 7) is 1.71. The summed E-state index contributed by atoms with van der Waals surface area (Å²) in [5.41, 5.74) is 0.562. The van der Waals surface area contributed by atoms with E-state index in [0.717, 1.165) is 0 Å². The normalized spacial score (nSPS) is 10.3. The molecule has 92 valence electrons. The van der Waals surface area contributed by atoms with E-state index >= 15 is 0 Å². The van der Waals surface area contributed by atoms with Gasteiger partial charge in [0, 0.05) is 12.1 Å². The molecule has 0 aliphatic rings. The van der Waals surface area contributed by atoms with Gasteiger partial charge in [-0.15, -0.1) is 11.3 Å². The van der Waals surface area contributed by atoms with E-state index in [4.69, 9.17) is 5.11 Å². The average molecular weight is 264 g/mol. The number of aryl methyl sites for hydroxylation is 1. The van der Waals surface area contributed by atoms with Gasteiger partial charge in [0.15, 0.2) is 5.69 Å². The summed E-state index contributed by atoms with van der Waals surface area (Å²) in [4.78, 5) is 25.5. The Morgan fingerprint density at radius 3 is 2.50 bits per heavy atom. The summed E-state index contributed by atoms with van der Waals surface area (Å²) in [6.07, 6.45) is 0. The number of benzene rings is 1. The Labute approximate surface area is 106 Å². The maximum Gasteiger partial charge on any atom is 0.356 e. The van der Waals surface area contributed by atoms with Gasteiger partial charge in [-0.25, -0.2) is 9.78 Å². The van der Waals surface area contributed by atoms with Crippen molar-refractivity contribution in [3.63, 3.8) is 0 Å². The molecule has 0 atom stereocenters. The molecule has 2 aromatic rings. The molecule has 0 fully saturated rings. The van der Waals surface area contributed by atoms with Gasteiger partial charge in [0.2, 0.25) is 0 Å². The lowest BCUT2D eigenvalue weighted by Gasteiger charge is -1.98. The van der Waals surface area contributed by atoms with Crippen LogP contribution < -0.4 is 0 Å². The van der Waals surface area contributed by atoms with Crippen molar-refractivity contribution in [2.24, 2.45) is 0 Å². The van der Waals surface area contributed by atoms with Crippen LogP contribution in [-0.2, 0) is 0 Å². The Morgan fingerprint density at radius 2 is 2.00 bits per heavy atom. The van der Waals surface area contributed by atoms with Crippen molar-refractivity contribution in [3.05, 3.63) is 45.1 Å². The number of aromatic nitrogens is 1. The molecule has 0 bridgehead atoms. The van der Waals surface area contributed by atoms with Crippen molar-refractivity contribution < 1.29 is 14.8 Å². The first-order valence-corrected chi connectivity index (χ1v) is 5.76. The highest BCUT2D eigenvalue weighted by atomic mass is 32.1. The second-order valence-electron chi connectivity index (χ2n) is 3.52. The summed E-state index contributed by atoms with van der Waals surface area (Å²) in [6, 6.07) is 5.74. The molecular weight excluding hydrogens is 256 g/mol. The first kappa shape index (κ1) is 12.2. The van der Waals surface area contributed by atoms with Crippen LogP contribution in [0.25, 0.3) is 10.4 Å². The monoisotopic (exact) mass is 264 g/mol. The second kappa shape index (κ2) is 4.53. The van der Waals surface area contributed by atoms with Gasteiger partial charge < -0.3 is 5.11 Å². The van der Waals surface area contributed by atoms with E-state index < -0.39 is 10.9 Å². The first-order valence-electron chi connectivity index (χ1n) is 4.94. The standard InChI is InChI=1S/C11H8N2O4S/c1-6-12-9(11(14)15)10(18-6)7-2-4-8(5-3-7)13(16)17/h2-5H,1H3,(H,14,15). The topological polar surface area (TPSA) is 93.3 Å². The van der Waals surface area contributed by atoms with Crippen molar-refractivity contribution >= 4 is 23.0 Å². The van der Waals surface area contributed by atoms with Gasteiger partial charge >= 0.3 is 5.97 Å². The van der Waals surface area contributed by atoms with Crippen LogP contribution in [0, 0.1) is 17.0 Å². The quantitative estimate of drug-likeness (QED) is 0.679. The van der Waals surface area contributed by atoms with Crippen LogP contribution in [0.2, 0.25) is 0 Å². The predicted molar refractivity (Wildman–Crippen MR) is 65.9 cm³/mol. The van der Waals surface area contributed by atoms with Gasteiger partial charge in [-0.05, 0) is 24.6 Å². The molecule has 1 N–H and O–H groups in total. The molecule has 0 aliphatic heterocycles. The van der Waals surface area contributed by atoms with Gasteiger partial charge in [0.1, 0.15) is 0 Å². The summed E-state index contributed by atoms with van der Waals surface area (Å²) in [5.74, 6) is -1.10. The van der Waals surface area contributed by atoms with Crippen LogP contribution in [0.1, 0.15) is 15.5 Å². The van der Waals surface area contributed by atoms with Gasteiger partial charge in [-0.3, -0.25) is 10.1 Å². The van der Waals surface area contributed by atoms with Crippen molar-refractivity contribution in [2.45, 2.75) is 6.92 Å². The zero-order valence-electron chi connectivity index (χ0n) is 9.28. The van der Waals surface area contributed by atoms with Crippen LogP contribution in [0.5, 0.6) is 0 Å². The van der Waals surface area contributed by atoms with E-state index in [0.29, 0.717) is 15.4 Å². The third-order valence-corrected chi connectivity index (χ3v) is 3.30. The summed E-state index contributed by atoms with van der Waals surface area (Å²) < 4.78 is 0. The molecule has 1 aromatic carbocycles. The molecule has 1 heterocycles. The molecule has 6 nitrogen and oxygen atoms in total. The number of hydrogen-bond acceptors (Lipinski definition) is 5. The lowest BCUT2D eigenvalue weighted by molar-refractivity contribution is -0.384. The molecule has 0 radical (unpaired) electrons. The molecule has 7 heteroatoms. The molecule has 0 spiro atoms. The third-order valence-electron chi connectivity index (χ3n) is 2.28. The lowest BCUT2D eigenvalue weighted by Crippen LogP contribution is -1.98. The number of nitro groups is 1. The van der Waals surface area contributed by atoms with Crippen molar-refractivity contribution in [2.75, 3.05) is 0 Å². The van der Waals surface area contributed by atoms with Crippen molar-refractivity contribution in [1.82, 2.24) is 4.98 Å². The molecule has 1 aromatic heterocycles. The molecule has 0 saturated heterocycles. The highest BCUT2D eigenvalue weighted by Gasteiger charge is 2.17. The number of nitrogens with zero attached hydrogens (tertiary/aromatic N) is 2. The van der Waals surface area contributed by atoms with E-state index in [-0.39, 0.29) is 11.4 Å². The van der Waals surface area contributed by atoms with Gasteiger partial charge in [-0.2, -0.15) is 0 Å². The maximum absolute atomic E-state index is 11.0. The van der Waals surface area contributed by atoms with E-state index in [1.165, 1.54) is 35.6 Å². The van der Waals surface area contributed by atoms with Crippen LogP contribution in [0.3, 0.4) is 0 Å². The van der Waals surface area contributed by atoms with Gasteiger partial charge in [-0.1, -0.05) is 0 Å². The SMILES string of the molecule is Cc1nc(C(=O)O)c(-c2ccc([N+](=O)[O-])cc2)s1. The number of thiazole rings is 1. The summed E-state index contributed by atoms with van der Waals surface area (Å²) >= 11 is 1.25. The average Bonchev–Trinajstić information content (AvgIpc) is 2.71. The number of carboxylic acid groups (broad SMARTS) is 1. The third kappa shape index (κ3) is 2.21. The molecule has 0 unspecified atom stereocenters. The first-order chi connectivity index (χ1) is 8.49. The van der Waals surface area contributed by atoms with Crippen LogP contribution in [0.4, 0.5) is 5.69 Å². The molecule has 0 aliphatic carbocycles. The molecule has 18 heavy (non-hydrogen) atoms. The Hall–Kier alpha value is -2.28. The Kier molecular flexibility index (Phi) is 3.07. The van der Waals surface area contributed by atoms with Crippen molar-refractivity contribution in [1.29, 1.82) is 0 Å². The Balaban J connectivity index is 2.48. The minimum Gasteiger partial charge on any atom is -0.476 e. The highest BCUT2D eigenvalue weighted by molar-refractivity contribution is 7.15. The molecule has 2 rings (SSSR count). The van der Waals surface area contributed by atoms with E-state index in [2.05, 4.69) is 4.98 Å². The zero-order valence-corrected chi connectivity index (χ0v) is 10.1. The van der Waals surface area contributed by atoms with Crippen LogP contribution in [0.15, 0.2) is 24.3 Å². The van der Waals surface area contributed by atoms with E-state index in [1.807, 2.05) is 0 Å². The number of hydrogen-bond donors (Lipinski definition) is 1. The second-order valence-corrected chi connectivity index (χ2v) is 4.72. The van der Waals surface area contributed by atoms with E-state index in [9.17, 15) is 14.9 Å². The predicted octanol–water partition coefficient (Wildman–Crippen LogP) is 2.72. The minimum atomic E-state index is -1.10. The fourth-order valence-corrected chi connectivity index (χ4v) is 2.42. The summed E-state index contributed by atoms with van der Waals surface area (Å²) in [7, 11) is 0. The fourth-order valence-electron chi connectivity index (χ4n) is 1.50. The Morgan fingerprint density at radius 1 is 1.39 bits per heavy atom. The van der Waals surface area contributed by atoms with E-state index in [1.54, 1.807) is 6.92 Å². The van der Waals surface area contributed by atoms with Crippen LogP contribution >= 0.6 is 11.3 Å². The number of nitro benzene ring substituents is 1. The lowest BCUT2D eigenvalue weighted by atomic mass is 10.1. The van der Waals surface area contributed by atoms with Gasteiger partial charge in [0.05, 0.1) is 14.8 Å². The highest BCUT2D eigenvalue weighted by Crippen LogP contribution is 2.31. The van der Waals surface area contributed by atoms with Crippen molar-refractivity contribution in [3.8, 4) is 10.4 Å². The number of rotatable bonds is 3. The minimum absolute atomic E-state index is 0.0219. The zero-order chi connectivity index (χ0) is 13.3. The maximum atomic E-state index is 11.0. The molecule has 0 saturated carbocycles. The fraction of sp³-hybridized carbons (Fsp3) is 0.0909.